The molecule has 2 amide bonds. The van der Waals surface area contributed by atoms with Gasteiger partial charge in [0, 0.05) is 43.0 Å². The molecular weight excluding hydrogens is 370 g/mol. The van der Waals surface area contributed by atoms with E-state index in [-0.39, 0.29) is 11.8 Å². The molecule has 0 saturated carbocycles. The molecule has 0 spiro atoms. The summed E-state index contributed by atoms with van der Waals surface area (Å²) in [6, 6.07) is 12.9. The molecule has 2 aromatic rings. The Labute approximate surface area is 170 Å². The van der Waals surface area contributed by atoms with Gasteiger partial charge in [-0.2, -0.15) is 0 Å². The molecule has 0 radical (unpaired) electrons. The summed E-state index contributed by atoms with van der Waals surface area (Å²) < 4.78 is 10.8. The van der Waals surface area contributed by atoms with Crippen molar-refractivity contribution in [3.63, 3.8) is 0 Å². The van der Waals surface area contributed by atoms with Crippen molar-refractivity contribution >= 4 is 28.9 Å². The largest absolute Gasteiger partial charge is 0.495 e. The van der Waals surface area contributed by atoms with E-state index in [0.717, 1.165) is 37.4 Å². The summed E-state index contributed by atoms with van der Waals surface area (Å²) in [4.78, 5) is 28.7. The molecule has 7 nitrogen and oxygen atoms in total. The first kappa shape index (κ1) is 19.3. The number of amides is 2. The second-order valence-corrected chi connectivity index (χ2v) is 7.13. The topological polar surface area (TPSA) is 71.1 Å². The van der Waals surface area contributed by atoms with Gasteiger partial charge in [-0.3, -0.25) is 9.59 Å². The summed E-state index contributed by atoms with van der Waals surface area (Å²) in [6.45, 7) is 3.75. The van der Waals surface area contributed by atoms with Gasteiger partial charge >= 0.3 is 0 Å². The predicted molar refractivity (Wildman–Crippen MR) is 112 cm³/mol. The summed E-state index contributed by atoms with van der Waals surface area (Å²) in [5, 5.41) is 2.95. The molecule has 0 aromatic heterocycles. The highest BCUT2D eigenvalue weighted by Gasteiger charge is 2.22. The lowest BCUT2D eigenvalue weighted by molar-refractivity contribution is -0.117. The fourth-order valence-electron chi connectivity index (χ4n) is 3.72. The lowest BCUT2D eigenvalue weighted by Crippen LogP contribution is -2.36. The van der Waals surface area contributed by atoms with Gasteiger partial charge in [-0.1, -0.05) is 0 Å². The van der Waals surface area contributed by atoms with Crippen molar-refractivity contribution in [2.75, 3.05) is 55.1 Å². The van der Waals surface area contributed by atoms with Gasteiger partial charge in [0.15, 0.2) is 0 Å². The van der Waals surface area contributed by atoms with Crippen LogP contribution in [0.4, 0.5) is 17.1 Å². The number of nitrogens with zero attached hydrogens (tertiary/aromatic N) is 2. The first-order chi connectivity index (χ1) is 14.2. The highest BCUT2D eigenvalue weighted by Crippen LogP contribution is 2.31. The lowest BCUT2D eigenvalue weighted by atomic mass is 10.1. The maximum atomic E-state index is 12.8. The zero-order valence-corrected chi connectivity index (χ0v) is 16.5. The molecule has 7 heteroatoms. The number of hydrogen-bond acceptors (Lipinski definition) is 5. The van der Waals surface area contributed by atoms with E-state index in [1.165, 1.54) is 0 Å². The lowest BCUT2D eigenvalue weighted by Gasteiger charge is -2.29. The fourth-order valence-corrected chi connectivity index (χ4v) is 3.72. The number of rotatable bonds is 5. The number of nitrogens with one attached hydrogen (secondary N) is 1. The zero-order chi connectivity index (χ0) is 20.2. The van der Waals surface area contributed by atoms with Crippen LogP contribution >= 0.6 is 0 Å². The summed E-state index contributed by atoms with van der Waals surface area (Å²) >= 11 is 0. The van der Waals surface area contributed by atoms with Gasteiger partial charge in [0.1, 0.15) is 5.75 Å². The normalized spacial score (nSPS) is 16.8. The number of morpholine rings is 1. The Morgan fingerprint density at radius 1 is 1.03 bits per heavy atom. The number of methoxy groups -OCH3 is 1. The Bertz CT molecular complexity index is 891. The maximum Gasteiger partial charge on any atom is 0.255 e. The monoisotopic (exact) mass is 395 g/mol. The smallest absolute Gasteiger partial charge is 0.255 e. The third-order valence-corrected chi connectivity index (χ3v) is 5.32. The van der Waals surface area contributed by atoms with Gasteiger partial charge in [0.2, 0.25) is 5.91 Å². The summed E-state index contributed by atoms with van der Waals surface area (Å²) in [5.41, 5.74) is 3.00. The van der Waals surface area contributed by atoms with E-state index in [1.807, 2.05) is 30.3 Å². The highest BCUT2D eigenvalue weighted by atomic mass is 16.5. The molecule has 0 unspecified atom stereocenters. The van der Waals surface area contributed by atoms with E-state index in [2.05, 4.69) is 10.2 Å². The van der Waals surface area contributed by atoms with Gasteiger partial charge in [0.05, 0.1) is 26.0 Å². The Balaban J connectivity index is 1.50. The first-order valence-corrected chi connectivity index (χ1v) is 9.88. The minimum absolute atomic E-state index is 0.131. The maximum absolute atomic E-state index is 12.8. The average molecular weight is 395 g/mol. The zero-order valence-electron chi connectivity index (χ0n) is 16.5. The van der Waals surface area contributed by atoms with Crippen molar-refractivity contribution in [2.24, 2.45) is 0 Å². The molecule has 2 fully saturated rings. The van der Waals surface area contributed by atoms with Gasteiger partial charge in [-0.15, -0.1) is 0 Å². The number of hydrogen-bond donors (Lipinski definition) is 1. The van der Waals surface area contributed by atoms with Crippen molar-refractivity contribution in [1.82, 2.24) is 0 Å². The number of ether oxygens (including phenoxy) is 2. The van der Waals surface area contributed by atoms with Crippen molar-refractivity contribution in [1.29, 1.82) is 0 Å². The van der Waals surface area contributed by atoms with Crippen LogP contribution in [0.25, 0.3) is 0 Å². The quantitative estimate of drug-likeness (QED) is 0.843. The average Bonchev–Trinajstić information content (AvgIpc) is 3.20. The van der Waals surface area contributed by atoms with E-state index in [4.69, 9.17) is 9.47 Å². The molecule has 2 aliphatic rings. The van der Waals surface area contributed by atoms with Crippen molar-refractivity contribution in [2.45, 2.75) is 12.8 Å². The first-order valence-electron chi connectivity index (χ1n) is 9.88. The van der Waals surface area contributed by atoms with E-state index in [1.54, 1.807) is 24.1 Å². The van der Waals surface area contributed by atoms with Crippen molar-refractivity contribution in [3.05, 3.63) is 48.0 Å². The van der Waals surface area contributed by atoms with Crippen LogP contribution < -0.4 is 19.9 Å². The van der Waals surface area contributed by atoms with E-state index in [0.29, 0.717) is 36.6 Å². The molecule has 152 valence electrons. The van der Waals surface area contributed by atoms with Crippen LogP contribution in [0.5, 0.6) is 5.75 Å². The molecule has 0 aliphatic carbocycles. The van der Waals surface area contributed by atoms with Gasteiger partial charge in [0.25, 0.3) is 5.91 Å². The molecular formula is C22H25N3O4. The summed E-state index contributed by atoms with van der Waals surface area (Å²) in [5.74, 6) is 0.517. The summed E-state index contributed by atoms with van der Waals surface area (Å²) in [7, 11) is 1.58. The molecule has 1 N–H and O–H groups in total. The number of carbonyl (C=O) groups excluding carboxylic acids is 2. The van der Waals surface area contributed by atoms with Crippen LogP contribution in [-0.2, 0) is 9.53 Å². The van der Waals surface area contributed by atoms with Crippen LogP contribution in [0.3, 0.4) is 0 Å². The molecule has 29 heavy (non-hydrogen) atoms. The van der Waals surface area contributed by atoms with Crippen molar-refractivity contribution in [3.8, 4) is 5.75 Å². The third kappa shape index (κ3) is 4.19. The Morgan fingerprint density at radius 3 is 2.41 bits per heavy atom. The molecule has 0 bridgehead atoms. The minimum atomic E-state index is -0.221. The van der Waals surface area contributed by atoms with Crippen LogP contribution in [-0.4, -0.2) is 51.8 Å². The standard InChI is InChI=1S/C22H25N3O4/c1-28-20-9-8-18(24-11-13-29-14-12-24)15-19(20)23-22(27)16-4-6-17(7-5-16)25-10-2-3-21(25)26/h4-9,15H,2-3,10-14H2,1H3,(H,23,27). The Hall–Kier alpha value is -3.06. The fraction of sp³-hybridized carbons (Fsp3) is 0.364. The second kappa shape index (κ2) is 8.53. The molecule has 2 aliphatic heterocycles. The molecule has 2 heterocycles. The molecule has 4 rings (SSSR count). The predicted octanol–water partition coefficient (Wildman–Crippen LogP) is 2.91. The number of carbonyl (C=O) groups is 2. The Kier molecular flexibility index (Phi) is 5.67. The SMILES string of the molecule is COc1ccc(N2CCOCC2)cc1NC(=O)c1ccc(N2CCCC2=O)cc1. The molecule has 2 saturated heterocycles. The number of anilines is 3. The number of benzene rings is 2. The Morgan fingerprint density at radius 2 is 1.76 bits per heavy atom. The highest BCUT2D eigenvalue weighted by molar-refractivity contribution is 6.05. The molecule has 2 aromatic carbocycles. The van der Waals surface area contributed by atoms with E-state index < -0.39 is 0 Å². The van der Waals surface area contributed by atoms with Gasteiger partial charge in [-0.25, -0.2) is 0 Å². The second-order valence-electron chi connectivity index (χ2n) is 7.13. The molecule has 0 atom stereocenters. The van der Waals surface area contributed by atoms with E-state index >= 15 is 0 Å². The summed E-state index contributed by atoms with van der Waals surface area (Å²) in [6.07, 6.45) is 1.46. The minimum Gasteiger partial charge on any atom is -0.495 e. The van der Waals surface area contributed by atoms with Crippen molar-refractivity contribution < 1.29 is 19.1 Å². The van der Waals surface area contributed by atoms with Crippen LogP contribution in [0.15, 0.2) is 42.5 Å². The van der Waals surface area contributed by atoms with Gasteiger partial charge in [-0.05, 0) is 48.9 Å². The van der Waals surface area contributed by atoms with Crippen LogP contribution in [0.2, 0.25) is 0 Å². The van der Waals surface area contributed by atoms with E-state index in [9.17, 15) is 9.59 Å². The van der Waals surface area contributed by atoms with Crippen LogP contribution in [0, 0.1) is 0 Å². The van der Waals surface area contributed by atoms with Crippen LogP contribution in [0.1, 0.15) is 23.2 Å². The third-order valence-electron chi connectivity index (χ3n) is 5.32. The van der Waals surface area contributed by atoms with Gasteiger partial charge < -0.3 is 24.6 Å².